The third-order valence-corrected chi connectivity index (χ3v) is 6.93. The van der Waals surface area contributed by atoms with Gasteiger partial charge in [-0.05, 0) is 67.3 Å². The second-order valence-electron chi connectivity index (χ2n) is 10.9. The highest BCUT2D eigenvalue weighted by molar-refractivity contribution is 5.96. The lowest BCUT2D eigenvalue weighted by atomic mass is 10.0. The molecule has 240 valence electrons. The van der Waals surface area contributed by atoms with Gasteiger partial charge in [0.25, 0.3) is 5.91 Å². The number of carboxylic acids is 1. The van der Waals surface area contributed by atoms with E-state index in [-0.39, 0.29) is 30.4 Å². The van der Waals surface area contributed by atoms with Gasteiger partial charge in [-0.25, -0.2) is 4.98 Å². The molecular weight excluding hydrogens is 576 g/mol. The zero-order valence-corrected chi connectivity index (χ0v) is 26.0. The maximum absolute atomic E-state index is 12.9. The normalized spacial score (nSPS) is 11.4. The summed E-state index contributed by atoms with van der Waals surface area (Å²) in [4.78, 5) is 52.6. The summed E-state index contributed by atoms with van der Waals surface area (Å²) < 4.78 is 11.0. The van der Waals surface area contributed by atoms with E-state index in [9.17, 15) is 24.3 Å². The van der Waals surface area contributed by atoms with Gasteiger partial charge >= 0.3 is 5.97 Å². The quantitative estimate of drug-likeness (QED) is 0.134. The molecule has 0 unspecified atom stereocenters. The van der Waals surface area contributed by atoms with Gasteiger partial charge in [-0.1, -0.05) is 26.0 Å². The highest BCUT2D eigenvalue weighted by Crippen LogP contribution is 2.17. The number of methoxy groups -OCH3 is 1. The van der Waals surface area contributed by atoms with Crippen LogP contribution in [0.15, 0.2) is 66.9 Å². The van der Waals surface area contributed by atoms with Gasteiger partial charge in [0, 0.05) is 54.9 Å². The number of ketones is 1. The number of aromatic nitrogens is 1. The van der Waals surface area contributed by atoms with Gasteiger partial charge in [-0.3, -0.25) is 19.2 Å². The third kappa shape index (κ3) is 12.7. The number of Topliss-reactive ketones (excluding diaryl/α,β-unsaturated/α-hetero) is 1. The first kappa shape index (κ1) is 34.6. The minimum atomic E-state index is -1.02. The first-order chi connectivity index (χ1) is 21.6. The van der Waals surface area contributed by atoms with E-state index in [0.29, 0.717) is 49.4 Å². The fraction of sp³-hybridized carbons (Fsp3) is 0.382. The van der Waals surface area contributed by atoms with E-state index in [2.05, 4.69) is 20.9 Å². The molecule has 0 aliphatic rings. The Labute approximate surface area is 263 Å². The Bertz CT molecular complexity index is 1410. The zero-order valence-electron chi connectivity index (χ0n) is 26.0. The molecule has 0 radical (unpaired) electrons. The van der Waals surface area contributed by atoms with Crippen LogP contribution in [0, 0.1) is 5.92 Å². The number of carbonyl (C=O) groups excluding carboxylic acids is 3. The molecule has 0 aliphatic heterocycles. The number of hydrogen-bond donors (Lipinski definition) is 4. The molecule has 0 saturated carbocycles. The average molecular weight is 619 g/mol. The van der Waals surface area contributed by atoms with Gasteiger partial charge in [0.15, 0.2) is 0 Å². The molecule has 0 fully saturated rings. The number of pyridine rings is 1. The maximum atomic E-state index is 12.9. The van der Waals surface area contributed by atoms with E-state index >= 15 is 0 Å². The Morgan fingerprint density at radius 1 is 0.911 bits per heavy atom. The highest BCUT2D eigenvalue weighted by atomic mass is 16.5. The fourth-order valence-electron chi connectivity index (χ4n) is 4.41. The number of nitrogens with one attached hydrogen (secondary N) is 3. The van der Waals surface area contributed by atoms with Crippen molar-refractivity contribution in [1.82, 2.24) is 10.3 Å². The van der Waals surface area contributed by atoms with Gasteiger partial charge in [0.05, 0.1) is 20.1 Å². The molecule has 0 spiro atoms. The van der Waals surface area contributed by atoms with Crippen molar-refractivity contribution >= 4 is 35.1 Å². The van der Waals surface area contributed by atoms with Crippen LogP contribution in [0.2, 0.25) is 0 Å². The van der Waals surface area contributed by atoms with Crippen molar-refractivity contribution in [3.05, 3.63) is 78.0 Å². The number of carbonyl (C=O) groups is 4. The monoisotopic (exact) mass is 618 g/mol. The van der Waals surface area contributed by atoms with E-state index in [0.717, 1.165) is 23.6 Å². The van der Waals surface area contributed by atoms with Crippen molar-refractivity contribution in [2.45, 2.75) is 58.4 Å². The van der Waals surface area contributed by atoms with Crippen LogP contribution in [-0.4, -0.2) is 60.0 Å². The number of amides is 2. The molecule has 45 heavy (non-hydrogen) atoms. The van der Waals surface area contributed by atoms with Crippen molar-refractivity contribution < 1.29 is 33.8 Å². The number of benzene rings is 2. The minimum Gasteiger partial charge on any atom is -0.497 e. The second-order valence-corrected chi connectivity index (χ2v) is 10.9. The van der Waals surface area contributed by atoms with E-state index in [1.165, 1.54) is 0 Å². The van der Waals surface area contributed by atoms with Crippen LogP contribution in [0.1, 0.15) is 61.9 Å². The number of ether oxygens (including phenoxy) is 2. The van der Waals surface area contributed by atoms with Crippen molar-refractivity contribution in [2.75, 3.05) is 30.9 Å². The van der Waals surface area contributed by atoms with Crippen LogP contribution < -0.4 is 25.4 Å². The molecule has 1 aromatic heterocycles. The molecule has 2 aromatic carbocycles. The highest BCUT2D eigenvalue weighted by Gasteiger charge is 2.18. The van der Waals surface area contributed by atoms with Crippen LogP contribution in [0.5, 0.6) is 11.5 Å². The molecule has 2 amide bonds. The molecule has 4 N–H and O–H groups in total. The van der Waals surface area contributed by atoms with Gasteiger partial charge < -0.3 is 30.5 Å². The van der Waals surface area contributed by atoms with Crippen LogP contribution in [0.25, 0.3) is 0 Å². The lowest BCUT2D eigenvalue weighted by Gasteiger charge is -2.18. The van der Waals surface area contributed by atoms with Crippen LogP contribution in [0.3, 0.4) is 0 Å². The fourth-order valence-corrected chi connectivity index (χ4v) is 4.41. The standard InChI is InChI=1S/C34H42N4O7/c1-23(2)30(39)6-4-7-32(40)37-26-12-10-25(11-13-26)34(43)38-27(21-33(41)42)20-24-8-14-28(15-9-24)45-19-5-17-35-31-22-29(44-3)16-18-36-31/h8-16,18,22-23,27H,4-7,17,19-21H2,1-3H3,(H,35,36)(H,37,40)(H,38,43)(H,41,42)/t27-/m0/s1. The molecule has 11 heteroatoms. The zero-order chi connectivity index (χ0) is 32.6. The molecule has 11 nitrogen and oxygen atoms in total. The number of hydrogen-bond acceptors (Lipinski definition) is 8. The summed E-state index contributed by atoms with van der Waals surface area (Å²) in [5.41, 5.74) is 1.72. The smallest absolute Gasteiger partial charge is 0.305 e. The number of rotatable bonds is 19. The van der Waals surface area contributed by atoms with Gasteiger partial charge in [0.1, 0.15) is 23.1 Å². The van der Waals surface area contributed by atoms with Gasteiger partial charge in [-0.15, -0.1) is 0 Å². The Hall–Kier alpha value is -4.93. The Morgan fingerprint density at radius 3 is 2.31 bits per heavy atom. The SMILES string of the molecule is COc1ccnc(NCCCOc2ccc(C[C@@H](CC(=O)O)NC(=O)c3ccc(NC(=O)CCCC(=O)C(C)C)cc3)cc2)c1. The third-order valence-electron chi connectivity index (χ3n) is 6.93. The average Bonchev–Trinajstić information content (AvgIpc) is 3.01. The Balaban J connectivity index is 1.44. The Morgan fingerprint density at radius 2 is 1.64 bits per heavy atom. The molecular formula is C34H42N4O7. The van der Waals surface area contributed by atoms with E-state index in [1.54, 1.807) is 43.6 Å². The lowest BCUT2D eigenvalue weighted by Crippen LogP contribution is -2.38. The molecule has 0 saturated heterocycles. The number of aliphatic carboxylic acids is 1. The van der Waals surface area contributed by atoms with Crippen molar-refractivity contribution in [3.8, 4) is 11.5 Å². The van der Waals surface area contributed by atoms with Crippen molar-refractivity contribution in [2.24, 2.45) is 5.92 Å². The van der Waals surface area contributed by atoms with Gasteiger partial charge in [0.2, 0.25) is 5.91 Å². The summed E-state index contributed by atoms with van der Waals surface area (Å²) >= 11 is 0. The first-order valence-electron chi connectivity index (χ1n) is 15.0. The van der Waals surface area contributed by atoms with Crippen LogP contribution in [-0.2, 0) is 20.8 Å². The number of nitrogens with zero attached hydrogens (tertiary/aromatic N) is 1. The lowest BCUT2D eigenvalue weighted by molar-refractivity contribution is -0.137. The van der Waals surface area contributed by atoms with Crippen LogP contribution in [0.4, 0.5) is 11.5 Å². The topological polar surface area (TPSA) is 156 Å². The Kier molecular flexibility index (Phi) is 13.8. The minimum absolute atomic E-state index is 0.0455. The van der Waals surface area contributed by atoms with E-state index < -0.39 is 17.9 Å². The molecule has 1 atom stereocenters. The van der Waals surface area contributed by atoms with Gasteiger partial charge in [-0.2, -0.15) is 0 Å². The summed E-state index contributed by atoms with van der Waals surface area (Å²) in [6.45, 7) is 4.84. The summed E-state index contributed by atoms with van der Waals surface area (Å²) in [5.74, 6) is 0.588. The largest absolute Gasteiger partial charge is 0.497 e. The van der Waals surface area contributed by atoms with Crippen molar-refractivity contribution in [3.63, 3.8) is 0 Å². The number of carboxylic acid groups (broad SMARTS) is 1. The second kappa shape index (κ2) is 18.0. The predicted octanol–water partition coefficient (Wildman–Crippen LogP) is 5.12. The summed E-state index contributed by atoms with van der Waals surface area (Å²) in [7, 11) is 1.61. The van der Waals surface area contributed by atoms with Crippen molar-refractivity contribution in [1.29, 1.82) is 0 Å². The summed E-state index contributed by atoms with van der Waals surface area (Å²) in [6.07, 6.45) is 3.57. The predicted molar refractivity (Wildman–Crippen MR) is 172 cm³/mol. The van der Waals surface area contributed by atoms with E-state index in [1.807, 2.05) is 44.2 Å². The summed E-state index contributed by atoms with van der Waals surface area (Å²) in [5, 5.41) is 18.2. The van der Waals surface area contributed by atoms with E-state index in [4.69, 9.17) is 9.47 Å². The molecule has 0 aliphatic carbocycles. The number of anilines is 2. The molecule has 3 rings (SSSR count). The summed E-state index contributed by atoms with van der Waals surface area (Å²) in [6, 6.07) is 16.7. The molecule has 3 aromatic rings. The van der Waals surface area contributed by atoms with Crippen LogP contribution >= 0.6 is 0 Å². The maximum Gasteiger partial charge on any atom is 0.305 e. The first-order valence-corrected chi connectivity index (χ1v) is 15.0. The molecule has 0 bridgehead atoms. The molecule has 1 heterocycles.